The summed E-state index contributed by atoms with van der Waals surface area (Å²) >= 11 is 0. The van der Waals surface area contributed by atoms with Gasteiger partial charge in [0, 0.05) is 0 Å². The molecule has 0 amide bonds. The lowest BCUT2D eigenvalue weighted by Gasteiger charge is -2.11. The van der Waals surface area contributed by atoms with E-state index >= 15 is 0 Å². The van der Waals surface area contributed by atoms with E-state index in [2.05, 4.69) is 6.92 Å². The third-order valence-corrected chi connectivity index (χ3v) is 3.82. The van der Waals surface area contributed by atoms with E-state index in [9.17, 15) is 5.11 Å². The Hall–Kier alpha value is -0.380. The topological polar surface area (TPSA) is 66.5 Å². The predicted octanol–water partition coefficient (Wildman–Crippen LogP) is 3.92. The molecule has 0 fully saturated rings. The Kier molecular flexibility index (Phi) is 12.9. The van der Waals surface area contributed by atoms with Crippen LogP contribution in [0.1, 0.15) is 86.7 Å². The number of aliphatic hydroxyl groups excluding tert-OH is 1. The Morgan fingerprint density at radius 2 is 1.43 bits per heavy atom. The maximum absolute atomic E-state index is 9.62. The minimum atomic E-state index is -2.56. The summed E-state index contributed by atoms with van der Waals surface area (Å²) in [6.07, 6.45) is 17.3. The summed E-state index contributed by atoms with van der Waals surface area (Å²) in [5.41, 5.74) is 5.42. The van der Waals surface area contributed by atoms with Gasteiger partial charge in [0.1, 0.15) is 0 Å². The Labute approximate surface area is 134 Å². The number of rotatable bonds is 15. The van der Waals surface area contributed by atoms with Gasteiger partial charge in [0.2, 0.25) is 0 Å². The molecule has 0 aromatic heterocycles. The zero-order valence-corrected chi connectivity index (χ0v) is 13.8. The van der Waals surface area contributed by atoms with Crippen LogP contribution in [-0.4, -0.2) is 28.9 Å². The molecule has 2 atom stereocenters. The third-order valence-electron chi connectivity index (χ3n) is 3.82. The molecule has 0 aromatic rings. The first kappa shape index (κ1) is 17.0. The highest BCUT2D eigenvalue weighted by atomic mass is 16.3. The number of unbranched alkanes of at least 4 members (excludes halogenated alkanes) is 11. The first-order valence-electron chi connectivity index (χ1n) is 9.72. The summed E-state index contributed by atoms with van der Waals surface area (Å²) in [7, 11) is 0. The average molecular weight is 303 g/mol. The van der Waals surface area contributed by atoms with Crippen molar-refractivity contribution in [3.8, 4) is 0 Å². The van der Waals surface area contributed by atoms with Crippen molar-refractivity contribution >= 4 is 0 Å². The molecule has 3 heteroatoms. The molecule has 0 aliphatic heterocycles. The van der Waals surface area contributed by atoms with Gasteiger partial charge in [-0.3, -0.25) is 0 Å². The van der Waals surface area contributed by atoms with Crippen molar-refractivity contribution in [1.29, 1.82) is 0 Å². The summed E-state index contributed by atoms with van der Waals surface area (Å²) < 4.78 is 14.1. The smallest absolute Gasteiger partial charge is 0.0894 e. The number of hydrogen-bond acceptors (Lipinski definition) is 3. The van der Waals surface area contributed by atoms with E-state index in [1.807, 2.05) is 6.08 Å². The van der Waals surface area contributed by atoms with E-state index in [0.29, 0.717) is 0 Å². The molecule has 126 valence electrons. The zero-order valence-electron chi connectivity index (χ0n) is 15.8. The Morgan fingerprint density at radius 1 is 0.952 bits per heavy atom. The highest BCUT2D eigenvalue weighted by molar-refractivity contribution is 4.93. The number of hydrogen-bond donors (Lipinski definition) is 3. The fraction of sp³-hybridized carbons (Fsp3) is 0.889. The number of nitrogens with two attached hydrogens (primary N) is 1. The first-order valence-corrected chi connectivity index (χ1v) is 8.72. The number of aliphatic hydroxyl groups is 2. The summed E-state index contributed by atoms with van der Waals surface area (Å²) in [6, 6.07) is -1.31. The third kappa shape index (κ3) is 14.3. The second kappa shape index (κ2) is 16.0. The molecular formula is C18H37NO2. The van der Waals surface area contributed by atoms with Gasteiger partial charge in [-0.05, 0) is 12.8 Å². The van der Waals surface area contributed by atoms with E-state index in [1.165, 1.54) is 70.3 Å². The van der Waals surface area contributed by atoms with E-state index < -0.39 is 18.7 Å². The number of allylic oxidation sites excluding steroid dienone is 1. The van der Waals surface area contributed by atoms with Crippen molar-refractivity contribution in [2.24, 2.45) is 5.73 Å². The molecular weight excluding hydrogens is 264 g/mol. The molecule has 0 saturated carbocycles. The minimum Gasteiger partial charge on any atom is -0.395 e. The maximum atomic E-state index is 9.62. The van der Waals surface area contributed by atoms with E-state index in [-0.39, 0.29) is 0 Å². The van der Waals surface area contributed by atoms with Gasteiger partial charge in [-0.1, -0.05) is 83.3 Å². The molecule has 0 aromatic carbocycles. The quantitative estimate of drug-likeness (QED) is 0.244. The van der Waals surface area contributed by atoms with Crippen molar-refractivity contribution in [3.05, 3.63) is 12.2 Å². The molecule has 0 rings (SSSR count). The summed E-state index contributed by atoms with van der Waals surface area (Å²) in [5, 5.41) is 18.7. The average Bonchev–Trinajstić information content (AvgIpc) is 2.50. The standard InChI is InChI=1S/C18H37NO2/c1-2-3-4-5-6-7-8-9-10-11-12-13-14-15-18(21)17(19)16-20/h14-15,17-18,20-21H,2-13,16,19H2,1H3/b15-14+/t17-,18+/m0/s1/i16+1D2,17+1. The normalized spacial score (nSPS) is 16.8. The van der Waals surface area contributed by atoms with Crippen LogP contribution in [-0.2, 0) is 0 Å². The van der Waals surface area contributed by atoms with Gasteiger partial charge in [-0.25, -0.2) is 0 Å². The summed E-state index contributed by atoms with van der Waals surface area (Å²) in [4.78, 5) is 0. The van der Waals surface area contributed by atoms with Crippen LogP contribution in [0.2, 0.25) is 0 Å². The highest BCUT2D eigenvalue weighted by Crippen LogP contribution is 2.12. The van der Waals surface area contributed by atoms with Crippen LogP contribution in [0.3, 0.4) is 0 Å². The molecule has 0 aliphatic carbocycles. The second-order valence-electron chi connectivity index (χ2n) is 5.90. The SMILES string of the molecule is [2H][13C]([2H])(O)[13C@H](N)[C@H](O)/C=C/CCCCCCCCCCCCC. The van der Waals surface area contributed by atoms with Crippen molar-refractivity contribution in [3.63, 3.8) is 0 Å². The zero-order chi connectivity index (χ0) is 17.6. The molecule has 0 bridgehead atoms. The highest BCUT2D eigenvalue weighted by Gasteiger charge is 2.08. The molecule has 4 N–H and O–H groups in total. The Morgan fingerprint density at radius 3 is 1.90 bits per heavy atom. The van der Waals surface area contributed by atoms with Gasteiger partial charge < -0.3 is 15.9 Å². The van der Waals surface area contributed by atoms with Crippen LogP contribution in [0.15, 0.2) is 12.2 Å². The van der Waals surface area contributed by atoms with Gasteiger partial charge >= 0.3 is 0 Å². The van der Waals surface area contributed by atoms with Crippen LogP contribution in [0.25, 0.3) is 0 Å². The molecule has 0 unspecified atom stereocenters. The first-order chi connectivity index (χ1) is 10.9. The van der Waals surface area contributed by atoms with Crippen LogP contribution in [0, 0.1) is 0 Å². The molecule has 0 radical (unpaired) electrons. The lowest BCUT2D eigenvalue weighted by atomic mass is 10.1. The van der Waals surface area contributed by atoms with Crippen LogP contribution >= 0.6 is 0 Å². The van der Waals surface area contributed by atoms with Crippen molar-refractivity contribution < 1.29 is 13.0 Å². The largest absolute Gasteiger partial charge is 0.395 e. The lowest BCUT2D eigenvalue weighted by Crippen LogP contribution is -2.36. The fourth-order valence-electron chi connectivity index (χ4n) is 2.36. The van der Waals surface area contributed by atoms with Crippen molar-refractivity contribution in [2.45, 2.75) is 96.1 Å². The van der Waals surface area contributed by atoms with Crippen molar-refractivity contribution in [1.82, 2.24) is 0 Å². The summed E-state index contributed by atoms with van der Waals surface area (Å²) in [6.45, 7) is -0.310. The molecule has 3 nitrogen and oxygen atoms in total. The molecule has 0 heterocycles. The Bertz CT molecular complexity index is 293. The van der Waals surface area contributed by atoms with E-state index in [0.717, 1.165) is 12.8 Å². The monoisotopic (exact) mass is 303 g/mol. The molecule has 21 heavy (non-hydrogen) atoms. The van der Waals surface area contributed by atoms with E-state index in [1.54, 1.807) is 0 Å². The van der Waals surface area contributed by atoms with Crippen LogP contribution in [0.4, 0.5) is 0 Å². The Balaban J connectivity index is 3.41. The van der Waals surface area contributed by atoms with Gasteiger partial charge in [0.05, 0.1) is 21.4 Å². The van der Waals surface area contributed by atoms with Gasteiger partial charge in [-0.2, -0.15) is 0 Å². The van der Waals surface area contributed by atoms with Gasteiger partial charge in [-0.15, -0.1) is 0 Å². The second-order valence-corrected chi connectivity index (χ2v) is 5.90. The van der Waals surface area contributed by atoms with Gasteiger partial charge in [0.15, 0.2) is 0 Å². The maximum Gasteiger partial charge on any atom is 0.0894 e. The van der Waals surface area contributed by atoms with Crippen molar-refractivity contribution in [2.75, 3.05) is 6.56 Å². The molecule has 0 aliphatic rings. The summed E-state index contributed by atoms with van der Waals surface area (Å²) in [5.74, 6) is 0. The molecule has 0 spiro atoms. The van der Waals surface area contributed by atoms with Crippen LogP contribution < -0.4 is 5.73 Å². The van der Waals surface area contributed by atoms with E-state index in [4.69, 9.17) is 13.6 Å². The fourth-order valence-corrected chi connectivity index (χ4v) is 2.36. The minimum absolute atomic E-state index is 0.856. The lowest BCUT2D eigenvalue weighted by molar-refractivity contribution is 0.144. The van der Waals surface area contributed by atoms with Crippen LogP contribution in [0.5, 0.6) is 0 Å². The predicted molar refractivity (Wildman–Crippen MR) is 91.3 cm³/mol. The molecule has 0 saturated heterocycles. The van der Waals surface area contributed by atoms with Gasteiger partial charge in [0.25, 0.3) is 0 Å².